The van der Waals surface area contributed by atoms with Crippen molar-refractivity contribution in [2.45, 2.75) is 39.5 Å². The van der Waals surface area contributed by atoms with Crippen molar-refractivity contribution in [3.8, 4) is 17.1 Å². The van der Waals surface area contributed by atoms with Crippen molar-refractivity contribution in [2.75, 3.05) is 13.1 Å². The van der Waals surface area contributed by atoms with Crippen molar-refractivity contribution in [2.24, 2.45) is 5.92 Å². The Morgan fingerprint density at radius 3 is 2.63 bits per heavy atom. The Morgan fingerprint density at radius 2 is 1.84 bits per heavy atom. The Hall–Kier alpha value is -4.04. The summed E-state index contributed by atoms with van der Waals surface area (Å²) in [7, 11) is 0. The molecule has 3 aromatic carbocycles. The van der Waals surface area contributed by atoms with Crippen molar-refractivity contribution in [3.05, 3.63) is 101 Å². The molecule has 1 N–H and O–H groups in total. The summed E-state index contributed by atoms with van der Waals surface area (Å²) in [6.45, 7) is 4.93. The highest BCUT2D eigenvalue weighted by Crippen LogP contribution is 2.22. The van der Waals surface area contributed by atoms with Gasteiger partial charge >= 0.3 is 0 Å². The maximum absolute atomic E-state index is 13.0. The minimum absolute atomic E-state index is 0.0532. The second-order valence-electron chi connectivity index (χ2n) is 9.68. The zero-order chi connectivity index (χ0) is 26.3. The number of carbonyl (C=O) groups is 1. The number of amides is 1. The van der Waals surface area contributed by atoms with Crippen LogP contribution in [-0.4, -0.2) is 34.0 Å². The summed E-state index contributed by atoms with van der Waals surface area (Å²) in [5, 5.41) is 7.23. The number of carbonyl (C=O) groups excluding carboxylic acids is 1. The Labute approximate surface area is 221 Å². The van der Waals surface area contributed by atoms with E-state index in [1.807, 2.05) is 55.5 Å². The molecule has 1 aliphatic rings. The molecule has 5 rings (SSSR count). The van der Waals surface area contributed by atoms with E-state index in [0.717, 1.165) is 47.4 Å². The quantitative estimate of drug-likeness (QED) is 0.327. The number of aromatic nitrogens is 2. The first-order chi connectivity index (χ1) is 18.5. The third-order valence-corrected chi connectivity index (χ3v) is 6.80. The molecule has 0 saturated carbocycles. The van der Waals surface area contributed by atoms with Gasteiger partial charge in [0, 0.05) is 18.7 Å². The fraction of sp³-hybridized carbons (Fsp3) is 0.300. The number of halogens is 1. The van der Waals surface area contributed by atoms with E-state index in [2.05, 4.69) is 20.4 Å². The van der Waals surface area contributed by atoms with Crippen LogP contribution in [0.5, 0.6) is 5.75 Å². The van der Waals surface area contributed by atoms with E-state index >= 15 is 0 Å². The SMILES string of the molecule is Cc1ccccc1-c1noc(CN2CCCC(C(=O)NCc3ccc(OCc4ccc(F)cc4)cc3)C2)n1. The predicted molar refractivity (Wildman–Crippen MR) is 141 cm³/mol. The summed E-state index contributed by atoms with van der Waals surface area (Å²) in [5.41, 5.74) is 3.96. The van der Waals surface area contributed by atoms with Crippen molar-refractivity contribution < 1.29 is 18.4 Å². The second-order valence-corrected chi connectivity index (χ2v) is 9.68. The molecule has 1 aromatic heterocycles. The lowest BCUT2D eigenvalue weighted by molar-refractivity contribution is -0.127. The van der Waals surface area contributed by atoms with Crippen LogP contribution in [-0.2, 0) is 24.5 Å². The Morgan fingerprint density at radius 1 is 1.08 bits per heavy atom. The molecule has 1 fully saturated rings. The maximum Gasteiger partial charge on any atom is 0.241 e. The van der Waals surface area contributed by atoms with E-state index in [9.17, 15) is 9.18 Å². The molecular weight excluding hydrogens is 483 g/mol. The molecule has 1 amide bonds. The molecule has 1 atom stereocenters. The van der Waals surface area contributed by atoms with Gasteiger partial charge in [-0.15, -0.1) is 0 Å². The van der Waals surface area contributed by atoms with Crippen molar-refractivity contribution in [1.82, 2.24) is 20.4 Å². The fourth-order valence-corrected chi connectivity index (χ4v) is 4.64. The van der Waals surface area contributed by atoms with Crippen LogP contribution in [0.25, 0.3) is 11.4 Å². The Bertz CT molecular complexity index is 1350. The van der Waals surface area contributed by atoms with Crippen LogP contribution in [0, 0.1) is 18.7 Å². The lowest BCUT2D eigenvalue weighted by Crippen LogP contribution is -2.42. The second kappa shape index (κ2) is 12.0. The summed E-state index contributed by atoms with van der Waals surface area (Å²) < 4.78 is 24.3. The molecule has 0 spiro atoms. The number of hydrogen-bond acceptors (Lipinski definition) is 6. The van der Waals surface area contributed by atoms with Crippen molar-refractivity contribution in [3.63, 3.8) is 0 Å². The van der Waals surface area contributed by atoms with E-state index in [0.29, 0.717) is 38.0 Å². The van der Waals surface area contributed by atoms with Crippen LogP contribution in [0.2, 0.25) is 0 Å². The number of nitrogens with one attached hydrogen (secondary N) is 1. The average molecular weight is 515 g/mol. The van der Waals surface area contributed by atoms with E-state index in [-0.39, 0.29) is 17.6 Å². The summed E-state index contributed by atoms with van der Waals surface area (Å²) >= 11 is 0. The first kappa shape index (κ1) is 25.6. The molecule has 1 saturated heterocycles. The number of aryl methyl sites for hydroxylation is 1. The fourth-order valence-electron chi connectivity index (χ4n) is 4.64. The van der Waals surface area contributed by atoms with E-state index in [1.54, 1.807) is 12.1 Å². The third-order valence-electron chi connectivity index (χ3n) is 6.80. The number of ether oxygens (including phenoxy) is 1. The number of likely N-dealkylation sites (tertiary alicyclic amines) is 1. The Kier molecular flexibility index (Phi) is 8.09. The van der Waals surface area contributed by atoms with Gasteiger partial charge in [0.25, 0.3) is 0 Å². The van der Waals surface area contributed by atoms with Gasteiger partial charge in [0.2, 0.25) is 17.6 Å². The molecule has 2 heterocycles. The van der Waals surface area contributed by atoms with Crippen molar-refractivity contribution in [1.29, 1.82) is 0 Å². The summed E-state index contributed by atoms with van der Waals surface area (Å²) in [6, 6.07) is 21.8. The van der Waals surface area contributed by atoms with Crippen LogP contribution >= 0.6 is 0 Å². The molecule has 196 valence electrons. The highest BCUT2D eigenvalue weighted by atomic mass is 19.1. The molecule has 38 heavy (non-hydrogen) atoms. The van der Waals surface area contributed by atoms with Crippen molar-refractivity contribution >= 4 is 5.91 Å². The monoisotopic (exact) mass is 514 g/mol. The largest absolute Gasteiger partial charge is 0.489 e. The predicted octanol–water partition coefficient (Wildman–Crippen LogP) is 5.29. The lowest BCUT2D eigenvalue weighted by Gasteiger charge is -2.30. The van der Waals surface area contributed by atoms with Gasteiger partial charge in [0.1, 0.15) is 18.2 Å². The zero-order valence-corrected chi connectivity index (χ0v) is 21.4. The number of nitrogens with zero attached hydrogens (tertiary/aromatic N) is 3. The van der Waals surface area contributed by atoms with E-state index in [4.69, 9.17) is 9.26 Å². The molecule has 0 aliphatic carbocycles. The summed E-state index contributed by atoms with van der Waals surface area (Å²) in [5.74, 6) is 1.58. The highest BCUT2D eigenvalue weighted by Gasteiger charge is 2.27. The van der Waals surface area contributed by atoms with Crippen LogP contribution in [0.15, 0.2) is 77.3 Å². The molecule has 8 heteroatoms. The van der Waals surface area contributed by atoms with Gasteiger partial charge in [0.05, 0.1) is 12.5 Å². The average Bonchev–Trinajstić information content (AvgIpc) is 3.40. The first-order valence-corrected chi connectivity index (χ1v) is 12.9. The number of rotatable bonds is 9. The normalized spacial score (nSPS) is 15.8. The Balaban J connectivity index is 1.08. The standard InChI is InChI=1S/C30H31FN4O3/c1-21-5-2-3-7-27(21)29-33-28(38-34-29)19-35-16-4-6-24(18-35)30(36)32-17-22-10-14-26(15-11-22)37-20-23-8-12-25(31)13-9-23/h2-3,5,7-15,24H,4,6,16-20H2,1H3,(H,32,36). The smallest absolute Gasteiger partial charge is 0.241 e. The highest BCUT2D eigenvalue weighted by molar-refractivity contribution is 5.79. The third kappa shape index (κ3) is 6.63. The maximum atomic E-state index is 13.0. The molecule has 4 aromatic rings. The molecule has 1 unspecified atom stereocenters. The summed E-state index contributed by atoms with van der Waals surface area (Å²) in [4.78, 5) is 19.7. The van der Waals surface area contributed by atoms with Crippen LogP contribution in [0.1, 0.15) is 35.4 Å². The van der Waals surface area contributed by atoms with E-state index < -0.39 is 0 Å². The number of benzene rings is 3. The molecule has 0 radical (unpaired) electrons. The molecule has 1 aliphatic heterocycles. The van der Waals surface area contributed by atoms with Gasteiger partial charge in [-0.25, -0.2) is 4.39 Å². The van der Waals surface area contributed by atoms with Gasteiger partial charge in [0.15, 0.2) is 0 Å². The van der Waals surface area contributed by atoms with Gasteiger partial charge in [-0.1, -0.05) is 53.7 Å². The minimum atomic E-state index is -0.264. The number of hydrogen-bond donors (Lipinski definition) is 1. The van der Waals surface area contributed by atoms with Gasteiger partial charge in [-0.2, -0.15) is 4.98 Å². The zero-order valence-electron chi connectivity index (χ0n) is 21.4. The van der Waals surface area contributed by atoms with Gasteiger partial charge in [-0.05, 0) is 67.3 Å². The minimum Gasteiger partial charge on any atom is -0.489 e. The van der Waals surface area contributed by atoms with Gasteiger partial charge in [-0.3, -0.25) is 9.69 Å². The molecule has 7 nitrogen and oxygen atoms in total. The van der Waals surface area contributed by atoms with Crippen LogP contribution in [0.4, 0.5) is 4.39 Å². The topological polar surface area (TPSA) is 80.5 Å². The number of piperidine rings is 1. The van der Waals surface area contributed by atoms with E-state index in [1.165, 1.54) is 12.1 Å². The first-order valence-electron chi connectivity index (χ1n) is 12.9. The van der Waals surface area contributed by atoms with Crippen LogP contribution < -0.4 is 10.1 Å². The van der Waals surface area contributed by atoms with Gasteiger partial charge < -0.3 is 14.6 Å². The van der Waals surface area contributed by atoms with Crippen LogP contribution in [0.3, 0.4) is 0 Å². The lowest BCUT2D eigenvalue weighted by atomic mass is 9.97. The molecule has 0 bridgehead atoms. The molecular formula is C30H31FN4O3. The summed E-state index contributed by atoms with van der Waals surface area (Å²) in [6.07, 6.45) is 1.80.